The Labute approximate surface area is 344 Å². The molecule has 0 unspecified atom stereocenters. The third kappa shape index (κ3) is 12.7. The summed E-state index contributed by atoms with van der Waals surface area (Å²) in [5.41, 5.74) is 19.2. The first-order valence-electron chi connectivity index (χ1n) is 18.6. The quantitative estimate of drug-likeness (QED) is 0.0301. The molecule has 296 valence electrons. The van der Waals surface area contributed by atoms with Crippen LogP contribution in [0.25, 0.3) is 21.5 Å². The average Bonchev–Trinajstić information content (AvgIpc) is 3.18. The lowest BCUT2D eigenvalue weighted by molar-refractivity contribution is -0.134. The number of nitrogens with zero attached hydrogens (tertiary/aromatic N) is 1. The van der Waals surface area contributed by atoms with Gasteiger partial charge in [-0.05, 0) is 85.8 Å². The summed E-state index contributed by atoms with van der Waals surface area (Å²) in [4.78, 5) is 71.2. The molecule has 0 heterocycles. The second kappa shape index (κ2) is 20.2. The Morgan fingerprint density at radius 3 is 1.53 bits per heavy atom. The highest BCUT2D eigenvalue weighted by Crippen LogP contribution is 2.19. The zero-order valence-electron chi connectivity index (χ0n) is 31.5. The molecule has 0 bridgehead atoms. The summed E-state index contributed by atoms with van der Waals surface area (Å²) in [6.07, 6.45) is 0.751. The van der Waals surface area contributed by atoms with Crippen LogP contribution in [0.2, 0.25) is 0 Å². The van der Waals surface area contributed by atoms with Crippen molar-refractivity contribution in [2.45, 2.75) is 63.2 Å². The molecule has 57 heavy (non-hydrogen) atoms. The van der Waals surface area contributed by atoms with E-state index < -0.39 is 53.7 Å². The lowest BCUT2D eigenvalue weighted by atomic mass is 9.99. The van der Waals surface area contributed by atoms with Crippen LogP contribution in [0.5, 0.6) is 0 Å². The molecule has 0 spiro atoms. The molecule has 13 nitrogen and oxygen atoms in total. The summed E-state index contributed by atoms with van der Waals surface area (Å²) < 4.78 is 0.978. The molecular weight excluding hydrogens is 835 g/mol. The van der Waals surface area contributed by atoms with Gasteiger partial charge in [0, 0.05) is 36.3 Å². The molecule has 5 rings (SSSR count). The Kier molecular flexibility index (Phi) is 14.9. The van der Waals surface area contributed by atoms with E-state index in [0.717, 1.165) is 41.8 Å². The van der Waals surface area contributed by atoms with E-state index in [1.165, 1.54) is 6.92 Å². The molecule has 5 aromatic rings. The molecule has 0 aromatic heterocycles. The van der Waals surface area contributed by atoms with Gasteiger partial charge in [-0.3, -0.25) is 29.0 Å². The summed E-state index contributed by atoms with van der Waals surface area (Å²) >= 11 is 2.17. The van der Waals surface area contributed by atoms with Crippen LogP contribution in [-0.4, -0.2) is 66.2 Å². The van der Waals surface area contributed by atoms with Crippen LogP contribution in [0.1, 0.15) is 36.5 Å². The predicted octanol–water partition coefficient (Wildman–Crippen LogP) is 3.12. The van der Waals surface area contributed by atoms with E-state index in [4.69, 9.17) is 17.2 Å². The monoisotopic (exact) mass is 882 g/mol. The van der Waals surface area contributed by atoms with Crippen LogP contribution in [0.15, 0.2) is 114 Å². The molecule has 0 aliphatic heterocycles. The van der Waals surface area contributed by atoms with Crippen molar-refractivity contribution in [3.05, 3.63) is 129 Å². The Morgan fingerprint density at radius 1 is 0.561 bits per heavy atom. The van der Waals surface area contributed by atoms with Crippen molar-refractivity contribution in [3.63, 3.8) is 0 Å². The maximum absolute atomic E-state index is 14.2. The SMILES string of the molecule is CC(=O)N[C@H](Cc1ccc2ccccc2c1)C(=O)N[C@@H](CCCN=C(N)N)C(=O)N[C@H](Cc1ccc(I)cc1)C(=O)N[C@@H](Cc1ccc2ccccc2c1)C(N)=O. The first-order chi connectivity index (χ1) is 27.3. The van der Waals surface area contributed by atoms with Gasteiger partial charge in [0.15, 0.2) is 5.96 Å². The number of amides is 5. The Hall–Kier alpha value is -6.03. The smallest absolute Gasteiger partial charge is 0.243 e. The lowest BCUT2D eigenvalue weighted by Gasteiger charge is -2.26. The van der Waals surface area contributed by atoms with Crippen molar-refractivity contribution in [2.24, 2.45) is 22.2 Å². The molecule has 14 heteroatoms. The number of primary amides is 1. The van der Waals surface area contributed by atoms with E-state index in [1.54, 1.807) is 0 Å². The van der Waals surface area contributed by atoms with Gasteiger partial charge in [-0.15, -0.1) is 0 Å². The number of carbonyl (C=O) groups is 5. The number of hydrogen-bond acceptors (Lipinski definition) is 6. The normalized spacial score (nSPS) is 13.1. The topological polar surface area (TPSA) is 224 Å². The summed E-state index contributed by atoms with van der Waals surface area (Å²) in [6, 6.07) is 30.1. The number of nitrogens with two attached hydrogens (primary N) is 3. The van der Waals surface area contributed by atoms with E-state index in [1.807, 2.05) is 109 Å². The second-order valence-electron chi connectivity index (χ2n) is 13.9. The standard InChI is InChI=1S/C43H47IN8O5/c1-26(53)49-37(25-29-13-17-31-8-3-5-10-33(31)22-29)41(56)50-35(11-6-20-48-43(46)47)40(55)52-38(23-27-14-18-34(44)19-15-27)42(57)51-36(39(45)54)24-28-12-16-30-7-2-4-9-32(30)21-28/h2-5,7-10,12-19,21-22,35-38H,6,11,20,23-25H2,1H3,(H2,45,54)(H,49,53)(H,50,56)(H,51,57)(H,52,55)(H4,46,47,48)/t35-,36-,37+,38+/m0/s1. The minimum Gasteiger partial charge on any atom is -0.370 e. The van der Waals surface area contributed by atoms with Crippen LogP contribution in [0, 0.1) is 3.57 Å². The number of rotatable bonds is 18. The summed E-state index contributed by atoms with van der Waals surface area (Å²) in [6.45, 7) is 1.49. The number of fused-ring (bicyclic) bond motifs is 2. The van der Waals surface area contributed by atoms with E-state index >= 15 is 0 Å². The fourth-order valence-corrected chi connectivity index (χ4v) is 6.89. The molecular formula is C43H47IN8O5. The third-order valence-corrected chi connectivity index (χ3v) is 10.1. The van der Waals surface area contributed by atoms with Crippen LogP contribution in [0.3, 0.4) is 0 Å². The summed E-state index contributed by atoms with van der Waals surface area (Å²) in [5, 5.41) is 15.1. The minimum absolute atomic E-state index is 0.0705. The highest BCUT2D eigenvalue weighted by atomic mass is 127. The number of guanidine groups is 1. The van der Waals surface area contributed by atoms with Crippen LogP contribution in [-0.2, 0) is 43.2 Å². The van der Waals surface area contributed by atoms with Gasteiger partial charge in [-0.2, -0.15) is 0 Å². The molecule has 0 fully saturated rings. The van der Waals surface area contributed by atoms with Crippen molar-refractivity contribution in [3.8, 4) is 0 Å². The number of aliphatic imine (C=N–C) groups is 1. The predicted molar refractivity (Wildman–Crippen MR) is 231 cm³/mol. The van der Waals surface area contributed by atoms with Gasteiger partial charge in [-0.25, -0.2) is 0 Å². The third-order valence-electron chi connectivity index (χ3n) is 9.43. The lowest BCUT2D eigenvalue weighted by Crippen LogP contribution is -2.59. The Balaban J connectivity index is 1.37. The second-order valence-corrected chi connectivity index (χ2v) is 15.1. The minimum atomic E-state index is -1.17. The van der Waals surface area contributed by atoms with E-state index in [0.29, 0.717) is 6.42 Å². The molecule has 10 N–H and O–H groups in total. The van der Waals surface area contributed by atoms with Gasteiger partial charge < -0.3 is 38.5 Å². The van der Waals surface area contributed by atoms with E-state index in [-0.39, 0.29) is 38.2 Å². The number of hydrogen-bond donors (Lipinski definition) is 7. The zero-order valence-corrected chi connectivity index (χ0v) is 33.7. The van der Waals surface area contributed by atoms with Crippen molar-refractivity contribution in [1.82, 2.24) is 21.3 Å². The number of carbonyl (C=O) groups excluding carboxylic acids is 5. The maximum Gasteiger partial charge on any atom is 0.243 e. The first-order valence-corrected chi connectivity index (χ1v) is 19.6. The molecule has 0 saturated carbocycles. The Morgan fingerprint density at radius 2 is 1.00 bits per heavy atom. The van der Waals surface area contributed by atoms with E-state index in [2.05, 4.69) is 48.9 Å². The van der Waals surface area contributed by atoms with Crippen molar-refractivity contribution in [1.29, 1.82) is 0 Å². The Bertz CT molecular complexity index is 2260. The maximum atomic E-state index is 14.2. The number of nitrogens with one attached hydrogen (secondary N) is 4. The molecule has 5 aromatic carbocycles. The summed E-state index contributed by atoms with van der Waals surface area (Å²) in [5.74, 6) is -3.17. The number of halogens is 1. The molecule has 4 atom stereocenters. The van der Waals surface area contributed by atoms with Gasteiger partial charge in [0.1, 0.15) is 24.2 Å². The molecule has 0 radical (unpaired) electrons. The van der Waals surface area contributed by atoms with Crippen molar-refractivity contribution < 1.29 is 24.0 Å². The van der Waals surface area contributed by atoms with Crippen molar-refractivity contribution in [2.75, 3.05) is 6.54 Å². The van der Waals surface area contributed by atoms with Gasteiger partial charge in [0.25, 0.3) is 0 Å². The van der Waals surface area contributed by atoms with E-state index in [9.17, 15) is 24.0 Å². The van der Waals surface area contributed by atoms with Gasteiger partial charge in [0.05, 0.1) is 0 Å². The van der Waals surface area contributed by atoms with Gasteiger partial charge >= 0.3 is 0 Å². The van der Waals surface area contributed by atoms with Crippen LogP contribution >= 0.6 is 22.6 Å². The van der Waals surface area contributed by atoms with Crippen LogP contribution < -0.4 is 38.5 Å². The molecule has 0 aliphatic carbocycles. The largest absolute Gasteiger partial charge is 0.370 e. The van der Waals surface area contributed by atoms with Gasteiger partial charge in [0.2, 0.25) is 29.5 Å². The fourth-order valence-electron chi connectivity index (χ4n) is 6.54. The summed E-state index contributed by atoms with van der Waals surface area (Å²) in [7, 11) is 0. The highest BCUT2D eigenvalue weighted by Gasteiger charge is 2.31. The molecule has 0 saturated heterocycles. The van der Waals surface area contributed by atoms with Crippen molar-refractivity contribution >= 4 is 79.6 Å². The number of benzene rings is 5. The molecule has 5 amide bonds. The fraction of sp³-hybridized carbons (Fsp3) is 0.256. The zero-order chi connectivity index (χ0) is 40.9. The first kappa shape index (κ1) is 42.1. The average molecular weight is 883 g/mol. The highest BCUT2D eigenvalue weighted by molar-refractivity contribution is 14.1. The molecule has 0 aliphatic rings. The van der Waals surface area contributed by atoms with Gasteiger partial charge in [-0.1, -0.05) is 97.1 Å². The van der Waals surface area contributed by atoms with Crippen LogP contribution in [0.4, 0.5) is 0 Å².